The van der Waals surface area contributed by atoms with Crippen LogP contribution >= 0.6 is 15.9 Å². The molecule has 0 spiro atoms. The van der Waals surface area contributed by atoms with Gasteiger partial charge in [0.25, 0.3) is 0 Å². The number of aromatic nitrogens is 2. The van der Waals surface area contributed by atoms with E-state index in [1.54, 1.807) is 0 Å². The van der Waals surface area contributed by atoms with Gasteiger partial charge < -0.3 is 10.7 Å². The molecule has 1 heterocycles. The summed E-state index contributed by atoms with van der Waals surface area (Å²) < 4.78 is 1.08. The average Bonchev–Trinajstić information content (AvgIpc) is 2.57. The molecule has 0 aliphatic heterocycles. The number of hydrogen-bond donors (Lipinski definition) is 2. The lowest BCUT2D eigenvalue weighted by molar-refractivity contribution is 0.652. The predicted molar refractivity (Wildman–Crippen MR) is 70.5 cm³/mol. The number of fused-ring (bicyclic) bond motifs is 1. The molecule has 1 unspecified atom stereocenters. The van der Waals surface area contributed by atoms with Crippen molar-refractivity contribution in [3.05, 3.63) is 28.0 Å². The topological polar surface area (TPSA) is 54.7 Å². The normalized spacial score (nSPS) is 13.2. The second kappa shape index (κ2) is 4.55. The van der Waals surface area contributed by atoms with E-state index >= 15 is 0 Å². The smallest absolute Gasteiger partial charge is 0.107 e. The average molecular weight is 282 g/mol. The summed E-state index contributed by atoms with van der Waals surface area (Å²) in [5, 5.41) is 0. The molecule has 0 saturated heterocycles. The largest absolute Gasteiger partial charge is 0.342 e. The third-order valence-electron chi connectivity index (χ3n) is 2.63. The minimum absolute atomic E-state index is 0.223. The molecule has 0 amide bonds. The highest BCUT2D eigenvalue weighted by Gasteiger charge is 2.07. The molecule has 2 aromatic rings. The lowest BCUT2D eigenvalue weighted by Crippen LogP contribution is -2.15. The lowest BCUT2D eigenvalue weighted by atomic mass is 10.2. The predicted octanol–water partition coefficient (Wildman–Crippen LogP) is 2.91. The highest BCUT2D eigenvalue weighted by Crippen LogP contribution is 2.22. The lowest BCUT2D eigenvalue weighted by Gasteiger charge is -2.00. The number of hydrogen-bond acceptors (Lipinski definition) is 2. The molecule has 1 atom stereocenters. The first kappa shape index (κ1) is 11.6. The van der Waals surface area contributed by atoms with Gasteiger partial charge in [-0.05, 0) is 38.0 Å². The first-order valence-electron chi connectivity index (χ1n) is 5.46. The second-order valence-corrected chi connectivity index (χ2v) is 5.23. The number of nitrogens with two attached hydrogens (primary N) is 1. The van der Waals surface area contributed by atoms with Crippen molar-refractivity contribution in [1.82, 2.24) is 9.97 Å². The van der Waals surface area contributed by atoms with Crippen LogP contribution in [0.2, 0.25) is 0 Å². The summed E-state index contributed by atoms with van der Waals surface area (Å²) in [6.07, 6.45) is 1.86. The molecule has 0 saturated carbocycles. The minimum Gasteiger partial charge on any atom is -0.342 e. The van der Waals surface area contributed by atoms with Crippen LogP contribution in [0.4, 0.5) is 0 Å². The maximum Gasteiger partial charge on any atom is 0.107 e. The molecule has 3 N–H and O–H groups in total. The molecule has 4 heteroatoms. The molecule has 16 heavy (non-hydrogen) atoms. The van der Waals surface area contributed by atoms with E-state index in [4.69, 9.17) is 5.73 Å². The van der Waals surface area contributed by atoms with Gasteiger partial charge in [-0.1, -0.05) is 15.9 Å². The number of benzene rings is 1. The zero-order valence-electron chi connectivity index (χ0n) is 9.55. The molecule has 3 nitrogen and oxygen atoms in total. The van der Waals surface area contributed by atoms with Gasteiger partial charge in [-0.25, -0.2) is 4.98 Å². The van der Waals surface area contributed by atoms with Crippen LogP contribution in [0.15, 0.2) is 16.6 Å². The van der Waals surface area contributed by atoms with Gasteiger partial charge in [0, 0.05) is 16.9 Å². The molecule has 0 aliphatic carbocycles. The highest BCUT2D eigenvalue weighted by molar-refractivity contribution is 9.10. The Bertz CT molecular complexity index is 502. The van der Waals surface area contributed by atoms with Gasteiger partial charge in [0.05, 0.1) is 11.0 Å². The monoisotopic (exact) mass is 281 g/mol. The van der Waals surface area contributed by atoms with Crippen LogP contribution < -0.4 is 5.73 Å². The van der Waals surface area contributed by atoms with Crippen molar-refractivity contribution < 1.29 is 0 Å². The number of nitrogens with zero attached hydrogens (tertiary/aromatic N) is 1. The number of nitrogens with one attached hydrogen (secondary N) is 1. The molecule has 86 valence electrons. The van der Waals surface area contributed by atoms with Gasteiger partial charge in [0.2, 0.25) is 0 Å². The molecule has 1 aromatic heterocycles. The van der Waals surface area contributed by atoms with Crippen molar-refractivity contribution >= 4 is 27.0 Å². The van der Waals surface area contributed by atoms with Crippen molar-refractivity contribution in [2.24, 2.45) is 5.73 Å². The molecule has 0 bridgehead atoms. The first-order chi connectivity index (χ1) is 7.56. The van der Waals surface area contributed by atoms with E-state index in [0.717, 1.165) is 34.2 Å². The summed E-state index contributed by atoms with van der Waals surface area (Å²) in [4.78, 5) is 7.93. The summed E-state index contributed by atoms with van der Waals surface area (Å²) in [6, 6.07) is 4.37. The van der Waals surface area contributed by atoms with Crippen LogP contribution in [-0.4, -0.2) is 16.0 Å². The van der Waals surface area contributed by atoms with E-state index in [1.165, 1.54) is 5.56 Å². The van der Waals surface area contributed by atoms with Gasteiger partial charge >= 0.3 is 0 Å². The molecule has 1 aromatic carbocycles. The van der Waals surface area contributed by atoms with Gasteiger partial charge in [0.1, 0.15) is 5.82 Å². The Labute approximate surface area is 104 Å². The molecule has 0 radical (unpaired) electrons. The first-order valence-corrected chi connectivity index (χ1v) is 6.26. The van der Waals surface area contributed by atoms with E-state index in [9.17, 15) is 0 Å². The summed E-state index contributed by atoms with van der Waals surface area (Å²) in [5.41, 5.74) is 9.07. The zero-order valence-corrected chi connectivity index (χ0v) is 11.1. The van der Waals surface area contributed by atoms with E-state index in [-0.39, 0.29) is 6.04 Å². The molecule has 0 aliphatic rings. The fourth-order valence-electron chi connectivity index (χ4n) is 1.78. The van der Waals surface area contributed by atoms with E-state index in [2.05, 4.69) is 45.0 Å². The zero-order chi connectivity index (χ0) is 11.7. The third-order valence-corrected chi connectivity index (χ3v) is 3.09. The van der Waals surface area contributed by atoms with E-state index in [0.29, 0.717) is 0 Å². The Morgan fingerprint density at radius 2 is 2.25 bits per heavy atom. The van der Waals surface area contributed by atoms with Gasteiger partial charge in [-0.2, -0.15) is 0 Å². The third kappa shape index (κ3) is 2.44. The number of aryl methyl sites for hydroxylation is 2. The SMILES string of the molecule is Cc1cc(Br)cc2[nH]c(CCC(C)N)nc12. The Kier molecular flexibility index (Phi) is 3.30. The van der Waals surface area contributed by atoms with Crippen molar-refractivity contribution in [3.63, 3.8) is 0 Å². The van der Waals surface area contributed by atoms with E-state index in [1.807, 2.05) is 6.92 Å². The fraction of sp³-hybridized carbons (Fsp3) is 0.417. The quantitative estimate of drug-likeness (QED) is 0.909. The summed E-state index contributed by atoms with van der Waals surface area (Å²) in [5.74, 6) is 1.02. The second-order valence-electron chi connectivity index (χ2n) is 4.32. The number of halogens is 1. The maximum absolute atomic E-state index is 5.74. The Hall–Kier alpha value is -0.870. The number of rotatable bonds is 3. The van der Waals surface area contributed by atoms with Gasteiger partial charge in [0.15, 0.2) is 0 Å². The number of aromatic amines is 1. The summed E-state index contributed by atoms with van der Waals surface area (Å²) in [6.45, 7) is 4.09. The summed E-state index contributed by atoms with van der Waals surface area (Å²) in [7, 11) is 0. The maximum atomic E-state index is 5.74. The molecule has 2 rings (SSSR count). The van der Waals surface area contributed by atoms with Crippen molar-refractivity contribution in [2.45, 2.75) is 32.7 Å². The minimum atomic E-state index is 0.223. The van der Waals surface area contributed by atoms with Gasteiger partial charge in [-0.3, -0.25) is 0 Å². The molecular weight excluding hydrogens is 266 g/mol. The Morgan fingerprint density at radius 1 is 1.50 bits per heavy atom. The van der Waals surface area contributed by atoms with Crippen LogP contribution in [0.3, 0.4) is 0 Å². The van der Waals surface area contributed by atoms with E-state index < -0.39 is 0 Å². The van der Waals surface area contributed by atoms with Crippen molar-refractivity contribution in [3.8, 4) is 0 Å². The van der Waals surface area contributed by atoms with Gasteiger partial charge in [-0.15, -0.1) is 0 Å². The van der Waals surface area contributed by atoms with Crippen LogP contribution in [0, 0.1) is 6.92 Å². The highest BCUT2D eigenvalue weighted by atomic mass is 79.9. The summed E-state index contributed by atoms with van der Waals surface area (Å²) >= 11 is 3.49. The fourth-order valence-corrected chi connectivity index (χ4v) is 2.35. The number of imidazole rings is 1. The Balaban J connectivity index is 2.33. The van der Waals surface area contributed by atoms with Crippen molar-refractivity contribution in [2.75, 3.05) is 0 Å². The van der Waals surface area contributed by atoms with Crippen LogP contribution in [-0.2, 0) is 6.42 Å². The van der Waals surface area contributed by atoms with Crippen molar-refractivity contribution in [1.29, 1.82) is 0 Å². The molecule has 0 fully saturated rings. The molecular formula is C12H16BrN3. The van der Waals surface area contributed by atoms with Crippen LogP contribution in [0.25, 0.3) is 11.0 Å². The Morgan fingerprint density at radius 3 is 2.94 bits per heavy atom. The number of H-pyrrole nitrogens is 1. The standard InChI is InChI=1S/C12H16BrN3/c1-7-5-9(13)6-10-12(7)16-11(15-10)4-3-8(2)14/h5-6,8H,3-4,14H2,1-2H3,(H,15,16). The van der Waals surface area contributed by atoms with Crippen LogP contribution in [0.5, 0.6) is 0 Å². The van der Waals surface area contributed by atoms with Crippen LogP contribution in [0.1, 0.15) is 24.7 Å².